The Balaban J connectivity index is 1.61. The number of carbonyl (C=O) groups is 2. The second-order valence-electron chi connectivity index (χ2n) is 11.9. The lowest BCUT2D eigenvalue weighted by atomic mass is 9.86. The molecular weight excluding hydrogens is 422 g/mol. The normalized spacial score (nSPS) is 19.5. The number of carbonyl (C=O) groups excluding carboxylic acids is 2. The highest BCUT2D eigenvalue weighted by atomic mass is 28.4. The van der Waals surface area contributed by atoms with Crippen molar-refractivity contribution in [2.45, 2.75) is 97.8 Å². The monoisotopic (exact) mass is 463 g/mol. The van der Waals surface area contributed by atoms with E-state index in [0.717, 1.165) is 18.5 Å². The Morgan fingerprint density at radius 3 is 2.34 bits per heavy atom. The van der Waals surface area contributed by atoms with E-state index in [0.29, 0.717) is 32.1 Å². The van der Waals surface area contributed by atoms with Crippen molar-refractivity contribution in [2.75, 3.05) is 13.1 Å². The van der Waals surface area contributed by atoms with Crippen LogP contribution in [-0.2, 0) is 22.4 Å². The molecule has 0 aromatic carbocycles. The Bertz CT molecular complexity index is 860. The number of imidazole rings is 1. The summed E-state index contributed by atoms with van der Waals surface area (Å²) in [6, 6.07) is -0.420. The van der Waals surface area contributed by atoms with Gasteiger partial charge >= 0.3 is 6.03 Å². The summed E-state index contributed by atoms with van der Waals surface area (Å²) in [4.78, 5) is 34.3. The molecule has 2 aliphatic rings. The molecule has 3 heterocycles. The van der Waals surface area contributed by atoms with E-state index >= 15 is 0 Å². The molecule has 0 saturated carbocycles. The first kappa shape index (κ1) is 24.9. The van der Waals surface area contributed by atoms with Crippen molar-refractivity contribution in [3.8, 4) is 0 Å². The van der Waals surface area contributed by atoms with Gasteiger partial charge in [0.25, 0.3) is 0 Å². The highest BCUT2D eigenvalue weighted by molar-refractivity contribution is 6.74. The smallest absolute Gasteiger partial charge is 0.330 e. The molecule has 2 amide bonds. The highest BCUT2D eigenvalue weighted by Crippen LogP contribution is 2.37. The van der Waals surface area contributed by atoms with Gasteiger partial charge in [0, 0.05) is 19.1 Å². The Labute approximate surface area is 193 Å². The molecule has 9 heteroatoms. The fourth-order valence-corrected chi connectivity index (χ4v) is 4.88. The van der Waals surface area contributed by atoms with E-state index in [9.17, 15) is 9.59 Å². The van der Waals surface area contributed by atoms with Crippen LogP contribution in [0, 0.1) is 5.41 Å². The maximum absolute atomic E-state index is 13.3. The zero-order valence-corrected chi connectivity index (χ0v) is 22.1. The number of fused-ring (bicyclic) bond motifs is 1. The quantitative estimate of drug-likeness (QED) is 0.674. The van der Waals surface area contributed by atoms with Crippen molar-refractivity contribution in [1.29, 1.82) is 0 Å². The second-order valence-corrected chi connectivity index (χ2v) is 16.7. The van der Waals surface area contributed by atoms with Crippen LogP contribution in [0.2, 0.25) is 18.1 Å². The average molecular weight is 464 g/mol. The predicted molar refractivity (Wildman–Crippen MR) is 128 cm³/mol. The maximum atomic E-state index is 13.3. The Morgan fingerprint density at radius 1 is 1.22 bits per heavy atom. The minimum atomic E-state index is -1.93. The van der Waals surface area contributed by atoms with E-state index in [1.165, 1.54) is 0 Å². The molecule has 180 valence electrons. The van der Waals surface area contributed by atoms with Gasteiger partial charge in [-0.1, -0.05) is 41.5 Å². The molecule has 0 aliphatic carbocycles. The van der Waals surface area contributed by atoms with Gasteiger partial charge in [0.2, 0.25) is 5.91 Å². The van der Waals surface area contributed by atoms with E-state index in [2.05, 4.69) is 38.8 Å². The van der Waals surface area contributed by atoms with Gasteiger partial charge in [-0.15, -0.1) is 0 Å². The number of aromatic nitrogens is 2. The van der Waals surface area contributed by atoms with Crippen molar-refractivity contribution in [2.24, 2.45) is 11.1 Å². The van der Waals surface area contributed by atoms with E-state index in [1.54, 1.807) is 10.8 Å². The lowest BCUT2D eigenvalue weighted by molar-refractivity contribution is -0.136. The summed E-state index contributed by atoms with van der Waals surface area (Å²) in [5.74, 6) is 0.685. The Morgan fingerprint density at radius 2 is 1.81 bits per heavy atom. The molecule has 1 atom stereocenters. The second kappa shape index (κ2) is 8.57. The zero-order chi connectivity index (χ0) is 24.1. The summed E-state index contributed by atoms with van der Waals surface area (Å²) in [6.45, 7) is 19.1. The first-order chi connectivity index (χ1) is 14.6. The van der Waals surface area contributed by atoms with Crippen LogP contribution in [0.3, 0.4) is 0 Å². The van der Waals surface area contributed by atoms with Crippen LogP contribution in [0.5, 0.6) is 0 Å². The number of hydrogen-bond donors (Lipinski definition) is 1. The third-order valence-electron chi connectivity index (χ3n) is 7.46. The van der Waals surface area contributed by atoms with Crippen LogP contribution in [0.1, 0.15) is 65.9 Å². The van der Waals surface area contributed by atoms with E-state index in [4.69, 9.17) is 10.2 Å². The van der Waals surface area contributed by atoms with Crippen molar-refractivity contribution in [3.63, 3.8) is 0 Å². The minimum absolute atomic E-state index is 0.00391. The largest absolute Gasteiger partial charge is 0.409 e. The number of rotatable bonds is 5. The highest BCUT2D eigenvalue weighted by Gasteiger charge is 2.40. The van der Waals surface area contributed by atoms with Crippen molar-refractivity contribution < 1.29 is 14.0 Å². The van der Waals surface area contributed by atoms with Gasteiger partial charge in [-0.3, -0.25) is 4.79 Å². The van der Waals surface area contributed by atoms with E-state index < -0.39 is 14.4 Å². The Kier molecular flexibility index (Phi) is 6.68. The lowest BCUT2D eigenvalue weighted by Gasteiger charge is -2.39. The number of piperidine rings is 1. The molecule has 1 aromatic heterocycles. The average Bonchev–Trinajstić information content (AvgIpc) is 3.24. The molecule has 1 aromatic rings. The van der Waals surface area contributed by atoms with Gasteiger partial charge in [0.05, 0.1) is 31.1 Å². The SMILES string of the molecule is CC(C)(C)[C@@H](N)C(=O)N1CCC(N2Cc3cnc(CO[Si](C)(C)C(C)(C)C)n3C2=O)CC1. The standard InChI is InChI=1S/C23H41N5O3Si/c1-22(2,3)19(24)20(29)26-11-9-16(10-12-26)27-14-17-13-25-18(28(17)21(27)30)15-31-32(7,8)23(4,5)6/h13,16,19H,9-12,14-15,24H2,1-8H3/t19-/m0/s1. The van der Waals surface area contributed by atoms with Gasteiger partial charge < -0.3 is 20.0 Å². The number of nitrogens with two attached hydrogens (primary N) is 1. The van der Waals surface area contributed by atoms with E-state index in [-0.39, 0.29) is 28.4 Å². The number of hydrogen-bond acceptors (Lipinski definition) is 5. The fraction of sp³-hybridized carbons (Fsp3) is 0.783. The van der Waals surface area contributed by atoms with Gasteiger partial charge in [0.15, 0.2) is 8.32 Å². The summed E-state index contributed by atoms with van der Waals surface area (Å²) < 4.78 is 8.03. The van der Waals surface area contributed by atoms with Gasteiger partial charge in [-0.25, -0.2) is 14.3 Å². The molecule has 0 spiro atoms. The number of amides is 2. The molecule has 32 heavy (non-hydrogen) atoms. The molecule has 0 radical (unpaired) electrons. The van der Waals surface area contributed by atoms with Crippen molar-refractivity contribution in [1.82, 2.24) is 19.4 Å². The summed E-state index contributed by atoms with van der Waals surface area (Å²) in [5.41, 5.74) is 6.82. The summed E-state index contributed by atoms with van der Waals surface area (Å²) in [5, 5.41) is 0.102. The summed E-state index contributed by atoms with van der Waals surface area (Å²) >= 11 is 0. The minimum Gasteiger partial charge on any atom is -0.409 e. The number of nitrogens with zero attached hydrogens (tertiary/aromatic N) is 4. The lowest BCUT2D eigenvalue weighted by Crippen LogP contribution is -2.54. The molecule has 0 unspecified atom stereocenters. The maximum Gasteiger partial charge on any atom is 0.330 e. The van der Waals surface area contributed by atoms with Crippen LogP contribution in [0.25, 0.3) is 0 Å². The molecule has 0 bridgehead atoms. The van der Waals surface area contributed by atoms with Crippen LogP contribution >= 0.6 is 0 Å². The van der Waals surface area contributed by atoms with Crippen LogP contribution in [-0.4, -0.2) is 64.8 Å². The first-order valence-electron chi connectivity index (χ1n) is 11.7. The molecule has 2 N–H and O–H groups in total. The van der Waals surface area contributed by atoms with Gasteiger partial charge in [-0.2, -0.15) is 0 Å². The topological polar surface area (TPSA) is 93.7 Å². The molecule has 1 fully saturated rings. The van der Waals surface area contributed by atoms with Crippen molar-refractivity contribution >= 4 is 20.3 Å². The van der Waals surface area contributed by atoms with E-state index in [1.807, 2.05) is 30.6 Å². The number of likely N-dealkylation sites (tertiary alicyclic amines) is 1. The predicted octanol–water partition coefficient (Wildman–Crippen LogP) is 3.55. The first-order valence-corrected chi connectivity index (χ1v) is 14.6. The third-order valence-corrected chi connectivity index (χ3v) is 11.9. The summed E-state index contributed by atoms with van der Waals surface area (Å²) in [7, 11) is -1.93. The molecule has 1 saturated heterocycles. The van der Waals surface area contributed by atoms with Crippen LogP contribution in [0.15, 0.2) is 6.20 Å². The van der Waals surface area contributed by atoms with Crippen LogP contribution < -0.4 is 5.73 Å². The molecule has 8 nitrogen and oxygen atoms in total. The Hall–Kier alpha value is -1.71. The third kappa shape index (κ3) is 4.79. The summed E-state index contributed by atoms with van der Waals surface area (Å²) in [6.07, 6.45) is 3.33. The van der Waals surface area contributed by atoms with Gasteiger partial charge in [0.1, 0.15) is 5.82 Å². The molecule has 2 aliphatic heterocycles. The van der Waals surface area contributed by atoms with Crippen molar-refractivity contribution in [3.05, 3.63) is 17.7 Å². The van der Waals surface area contributed by atoms with Crippen LogP contribution in [0.4, 0.5) is 4.79 Å². The fourth-order valence-electron chi connectivity index (χ4n) is 3.96. The zero-order valence-electron chi connectivity index (χ0n) is 21.1. The molecule has 3 rings (SSSR count). The molecular formula is C23H41N5O3Si. The van der Waals surface area contributed by atoms with Gasteiger partial charge in [-0.05, 0) is 36.4 Å².